The summed E-state index contributed by atoms with van der Waals surface area (Å²) in [4.78, 5) is 0. The van der Waals surface area contributed by atoms with E-state index in [1.165, 1.54) is 37.7 Å². The second-order valence-corrected chi connectivity index (χ2v) is 13.3. The molecule has 0 aromatic rings. The van der Waals surface area contributed by atoms with Crippen molar-refractivity contribution in [3.05, 3.63) is 0 Å². The molecule has 0 saturated carbocycles. The van der Waals surface area contributed by atoms with Crippen LogP contribution in [0.3, 0.4) is 0 Å². The molecule has 0 aliphatic rings. The second kappa shape index (κ2) is 4.82. The SMILES string of the molecule is CCCCP(C)(Cl)(CC)CCC. The molecule has 0 aliphatic heterocycles. The van der Waals surface area contributed by atoms with Crippen molar-refractivity contribution in [2.45, 2.75) is 40.0 Å². The van der Waals surface area contributed by atoms with Gasteiger partial charge in [-0.3, -0.25) is 0 Å². The van der Waals surface area contributed by atoms with Crippen LogP contribution in [0, 0.1) is 0 Å². The Morgan fingerprint density at radius 3 is 1.92 bits per heavy atom. The Balaban J connectivity index is 4.18. The fourth-order valence-corrected chi connectivity index (χ4v) is 5.82. The van der Waals surface area contributed by atoms with Crippen molar-refractivity contribution in [3.8, 4) is 0 Å². The molecule has 0 rings (SSSR count). The molecule has 0 amide bonds. The third-order valence-corrected chi connectivity index (χ3v) is 9.63. The fourth-order valence-electron chi connectivity index (χ4n) is 1.65. The van der Waals surface area contributed by atoms with Crippen molar-refractivity contribution in [3.63, 3.8) is 0 Å². The third-order valence-electron chi connectivity index (χ3n) is 2.87. The van der Waals surface area contributed by atoms with E-state index < -0.39 is 5.96 Å². The van der Waals surface area contributed by atoms with E-state index in [4.69, 9.17) is 11.2 Å². The Morgan fingerprint density at radius 1 is 1.00 bits per heavy atom. The first-order chi connectivity index (χ1) is 5.46. The average molecular weight is 211 g/mol. The molecule has 0 radical (unpaired) electrons. The van der Waals surface area contributed by atoms with Gasteiger partial charge in [0.05, 0.1) is 0 Å². The number of hydrogen-bond acceptors (Lipinski definition) is 0. The van der Waals surface area contributed by atoms with E-state index in [2.05, 4.69) is 27.4 Å². The molecule has 0 aromatic heterocycles. The summed E-state index contributed by atoms with van der Waals surface area (Å²) in [6.45, 7) is 9.10. The van der Waals surface area contributed by atoms with Crippen molar-refractivity contribution in [1.82, 2.24) is 0 Å². The van der Waals surface area contributed by atoms with Crippen LogP contribution in [0.5, 0.6) is 0 Å². The van der Waals surface area contributed by atoms with Crippen LogP contribution in [0.1, 0.15) is 40.0 Å². The van der Waals surface area contributed by atoms with Crippen LogP contribution in [0.25, 0.3) is 0 Å². The van der Waals surface area contributed by atoms with Gasteiger partial charge in [0, 0.05) is 0 Å². The zero-order valence-corrected chi connectivity index (χ0v) is 10.7. The molecule has 0 atom stereocenters. The van der Waals surface area contributed by atoms with Gasteiger partial charge in [-0.2, -0.15) is 0 Å². The first kappa shape index (κ1) is 12.7. The van der Waals surface area contributed by atoms with Crippen LogP contribution in [0.2, 0.25) is 0 Å². The normalized spacial score (nSPS) is 15.6. The van der Waals surface area contributed by atoms with Gasteiger partial charge < -0.3 is 0 Å². The number of hydrogen-bond donors (Lipinski definition) is 0. The number of unbranched alkanes of at least 4 members (excludes halogenated alkanes) is 1. The Labute approximate surface area is 82.8 Å². The van der Waals surface area contributed by atoms with Crippen molar-refractivity contribution in [2.24, 2.45) is 0 Å². The Bertz CT molecular complexity index is 132. The molecule has 0 heterocycles. The van der Waals surface area contributed by atoms with E-state index in [0.717, 1.165) is 0 Å². The van der Waals surface area contributed by atoms with Crippen LogP contribution in [0.4, 0.5) is 0 Å². The maximum absolute atomic E-state index is 6.79. The molecule has 0 unspecified atom stereocenters. The predicted octanol–water partition coefficient (Wildman–Crippen LogP) is 4.55. The van der Waals surface area contributed by atoms with Gasteiger partial charge in [-0.15, -0.1) is 0 Å². The summed E-state index contributed by atoms with van der Waals surface area (Å²) < 4.78 is 0. The van der Waals surface area contributed by atoms with Crippen molar-refractivity contribution < 1.29 is 0 Å². The van der Waals surface area contributed by atoms with Gasteiger partial charge in [0.15, 0.2) is 0 Å². The molecule has 0 saturated heterocycles. The average Bonchev–Trinajstić information content (AvgIpc) is 2.02. The van der Waals surface area contributed by atoms with Crippen LogP contribution in [-0.4, -0.2) is 25.2 Å². The molecule has 0 bridgehead atoms. The molecule has 0 N–H and O–H groups in total. The van der Waals surface area contributed by atoms with Gasteiger partial charge in [0.25, 0.3) is 0 Å². The molecule has 0 nitrogen and oxygen atoms in total. The monoisotopic (exact) mass is 210 g/mol. The van der Waals surface area contributed by atoms with Gasteiger partial charge in [0.2, 0.25) is 0 Å². The minimum atomic E-state index is -1.74. The van der Waals surface area contributed by atoms with Gasteiger partial charge >= 0.3 is 82.4 Å². The first-order valence-corrected chi connectivity index (χ1v) is 9.33. The van der Waals surface area contributed by atoms with E-state index in [1.807, 2.05) is 0 Å². The number of halogens is 1. The van der Waals surface area contributed by atoms with E-state index in [-0.39, 0.29) is 0 Å². The summed E-state index contributed by atoms with van der Waals surface area (Å²) in [5.74, 6) is -1.74. The molecule has 0 fully saturated rings. The Kier molecular flexibility index (Phi) is 5.11. The topological polar surface area (TPSA) is 0 Å². The molecule has 2 heteroatoms. The molecule has 0 aromatic carbocycles. The standard InChI is InChI=1S/C10H24ClP/c1-5-8-10-12(4,11,7-3)9-6-2/h5-10H2,1-4H3. The molecule has 12 heavy (non-hydrogen) atoms. The molecular formula is C10H24ClP. The maximum atomic E-state index is 6.79. The minimum absolute atomic E-state index is 1.21. The van der Waals surface area contributed by atoms with Crippen LogP contribution in [0.15, 0.2) is 0 Å². The summed E-state index contributed by atoms with van der Waals surface area (Å²) in [5.41, 5.74) is 0. The Hall–Kier alpha value is 0.720. The van der Waals surface area contributed by atoms with Crippen LogP contribution in [-0.2, 0) is 0 Å². The summed E-state index contributed by atoms with van der Waals surface area (Å²) in [6, 6.07) is 0. The zero-order valence-electron chi connectivity index (χ0n) is 9.07. The van der Waals surface area contributed by atoms with E-state index in [9.17, 15) is 0 Å². The first-order valence-electron chi connectivity index (χ1n) is 5.19. The van der Waals surface area contributed by atoms with E-state index >= 15 is 0 Å². The summed E-state index contributed by atoms with van der Waals surface area (Å²) in [7, 11) is 0. The predicted molar refractivity (Wildman–Crippen MR) is 64.2 cm³/mol. The van der Waals surface area contributed by atoms with Crippen molar-refractivity contribution in [2.75, 3.05) is 25.2 Å². The molecular weight excluding hydrogens is 187 g/mol. The van der Waals surface area contributed by atoms with Crippen molar-refractivity contribution in [1.29, 1.82) is 0 Å². The van der Waals surface area contributed by atoms with Crippen LogP contribution >= 0.6 is 17.2 Å². The summed E-state index contributed by atoms with van der Waals surface area (Å²) >= 11 is 6.79. The fraction of sp³-hybridized carbons (Fsp3) is 1.00. The molecule has 0 aliphatic carbocycles. The van der Waals surface area contributed by atoms with Gasteiger partial charge in [0.1, 0.15) is 0 Å². The van der Waals surface area contributed by atoms with Crippen LogP contribution < -0.4 is 0 Å². The Morgan fingerprint density at radius 2 is 1.58 bits per heavy atom. The van der Waals surface area contributed by atoms with Crippen molar-refractivity contribution >= 4 is 17.2 Å². The zero-order chi connectivity index (χ0) is 9.69. The third kappa shape index (κ3) is 4.10. The summed E-state index contributed by atoms with van der Waals surface area (Å²) in [5, 5.41) is 0. The second-order valence-electron chi connectivity index (χ2n) is 4.26. The van der Waals surface area contributed by atoms with Gasteiger partial charge in [-0.05, 0) is 0 Å². The summed E-state index contributed by atoms with van der Waals surface area (Å²) in [6.07, 6.45) is 7.60. The van der Waals surface area contributed by atoms with E-state index in [0.29, 0.717) is 0 Å². The molecule has 76 valence electrons. The number of rotatable bonds is 6. The molecule has 0 spiro atoms. The quantitative estimate of drug-likeness (QED) is 0.564. The van der Waals surface area contributed by atoms with E-state index in [1.54, 1.807) is 0 Å². The van der Waals surface area contributed by atoms with Gasteiger partial charge in [-0.25, -0.2) is 0 Å². The van der Waals surface area contributed by atoms with Gasteiger partial charge in [-0.1, -0.05) is 0 Å².